The zero-order valence-electron chi connectivity index (χ0n) is 13.1. The van der Waals surface area contributed by atoms with Crippen LogP contribution in [0.25, 0.3) is 6.08 Å². The third-order valence-corrected chi connectivity index (χ3v) is 4.12. The first kappa shape index (κ1) is 14.6. The molecule has 2 nitrogen and oxygen atoms in total. The molecule has 112 valence electrons. The minimum atomic E-state index is 0.0122. The van der Waals surface area contributed by atoms with Crippen LogP contribution >= 0.6 is 0 Å². The fraction of sp³-hybridized carbons (Fsp3) is 0.250. The van der Waals surface area contributed by atoms with Crippen molar-refractivity contribution < 1.29 is 4.79 Å². The number of carbonyl (C=O) groups is 1. The second-order valence-electron chi connectivity index (χ2n) is 6.05. The molecule has 0 saturated carbocycles. The van der Waals surface area contributed by atoms with Gasteiger partial charge < -0.3 is 5.32 Å². The van der Waals surface area contributed by atoms with Crippen LogP contribution in [0.5, 0.6) is 0 Å². The summed E-state index contributed by atoms with van der Waals surface area (Å²) >= 11 is 0. The summed E-state index contributed by atoms with van der Waals surface area (Å²) in [7, 11) is 0. The lowest BCUT2D eigenvalue weighted by molar-refractivity contribution is -0.112. The molecule has 0 fully saturated rings. The molecule has 22 heavy (non-hydrogen) atoms. The van der Waals surface area contributed by atoms with Gasteiger partial charge in [-0.15, -0.1) is 0 Å². The van der Waals surface area contributed by atoms with Crippen LogP contribution in [0.2, 0.25) is 0 Å². The van der Waals surface area contributed by atoms with Gasteiger partial charge in [0.1, 0.15) is 0 Å². The van der Waals surface area contributed by atoms with Gasteiger partial charge in [-0.25, -0.2) is 0 Å². The molecule has 0 atom stereocenters. The van der Waals surface area contributed by atoms with Crippen molar-refractivity contribution in [2.75, 3.05) is 5.32 Å². The Kier molecular flexibility index (Phi) is 4.10. The molecule has 1 aliphatic rings. The fourth-order valence-corrected chi connectivity index (χ4v) is 2.83. The highest BCUT2D eigenvalue weighted by molar-refractivity contribution is 6.06. The maximum atomic E-state index is 12.5. The van der Waals surface area contributed by atoms with Crippen molar-refractivity contribution in [1.82, 2.24) is 0 Å². The van der Waals surface area contributed by atoms with Crippen LogP contribution in [-0.2, 0) is 11.2 Å². The molecule has 0 aromatic heterocycles. The van der Waals surface area contributed by atoms with Crippen LogP contribution in [-0.4, -0.2) is 5.91 Å². The molecule has 0 aliphatic heterocycles. The number of hydrogen-bond acceptors (Lipinski definition) is 1. The van der Waals surface area contributed by atoms with Gasteiger partial charge in [0.25, 0.3) is 5.91 Å². The fourth-order valence-electron chi connectivity index (χ4n) is 2.83. The van der Waals surface area contributed by atoms with E-state index in [1.165, 1.54) is 22.3 Å². The summed E-state index contributed by atoms with van der Waals surface area (Å²) in [5.74, 6) is 0.0122. The SMILES string of the molecule is Cc1ccc(NC(=O)C2=Cc3cc(C)ccc3CCC2)cc1. The van der Waals surface area contributed by atoms with Gasteiger partial charge in [0.05, 0.1) is 0 Å². The molecule has 1 N–H and O–H groups in total. The van der Waals surface area contributed by atoms with Gasteiger partial charge in [0.15, 0.2) is 0 Å². The quantitative estimate of drug-likeness (QED) is 0.856. The molecule has 2 heteroatoms. The van der Waals surface area contributed by atoms with E-state index in [1.54, 1.807) is 0 Å². The lowest BCUT2D eigenvalue weighted by atomic mass is 10.0. The number of anilines is 1. The third kappa shape index (κ3) is 3.28. The van der Waals surface area contributed by atoms with Crippen molar-refractivity contribution in [3.05, 3.63) is 70.3 Å². The summed E-state index contributed by atoms with van der Waals surface area (Å²) in [5.41, 5.74) is 6.66. The standard InChI is InChI=1S/C20H21NO/c1-14-7-10-19(11-8-14)21-20(22)17-5-3-4-16-9-6-15(2)12-18(16)13-17/h6-13H,3-5H2,1-2H3,(H,21,22). The highest BCUT2D eigenvalue weighted by Crippen LogP contribution is 2.25. The van der Waals surface area contributed by atoms with Crippen LogP contribution in [0, 0.1) is 13.8 Å². The number of benzene rings is 2. The molecule has 2 aromatic carbocycles. The first-order valence-corrected chi connectivity index (χ1v) is 7.80. The van der Waals surface area contributed by atoms with Crippen molar-refractivity contribution in [3.63, 3.8) is 0 Å². The van der Waals surface area contributed by atoms with Gasteiger partial charge in [-0.2, -0.15) is 0 Å². The van der Waals surface area contributed by atoms with Crippen molar-refractivity contribution in [3.8, 4) is 0 Å². The van der Waals surface area contributed by atoms with Crippen molar-refractivity contribution >= 4 is 17.7 Å². The zero-order valence-corrected chi connectivity index (χ0v) is 13.1. The Hall–Kier alpha value is -2.35. The Bertz CT molecular complexity index is 726. The van der Waals surface area contributed by atoms with Gasteiger partial charge in [-0.3, -0.25) is 4.79 Å². The number of fused-ring (bicyclic) bond motifs is 1. The molecule has 0 unspecified atom stereocenters. The molecular weight excluding hydrogens is 270 g/mol. The third-order valence-electron chi connectivity index (χ3n) is 4.12. The number of rotatable bonds is 2. The average Bonchev–Trinajstić information content (AvgIpc) is 2.71. The Morgan fingerprint density at radius 2 is 1.68 bits per heavy atom. The van der Waals surface area contributed by atoms with Gasteiger partial charge in [-0.05, 0) is 62.4 Å². The minimum Gasteiger partial charge on any atom is -0.322 e. The second-order valence-corrected chi connectivity index (χ2v) is 6.05. The highest BCUT2D eigenvalue weighted by atomic mass is 16.1. The molecule has 1 amide bonds. The highest BCUT2D eigenvalue weighted by Gasteiger charge is 2.14. The van der Waals surface area contributed by atoms with Crippen LogP contribution < -0.4 is 5.32 Å². The number of nitrogens with one attached hydrogen (secondary N) is 1. The monoisotopic (exact) mass is 291 g/mol. The predicted molar refractivity (Wildman–Crippen MR) is 91.9 cm³/mol. The summed E-state index contributed by atoms with van der Waals surface area (Å²) in [6, 6.07) is 14.4. The van der Waals surface area contributed by atoms with Gasteiger partial charge >= 0.3 is 0 Å². The molecule has 0 radical (unpaired) electrons. The normalized spacial score (nSPS) is 13.8. The molecular formula is C20H21NO. The first-order chi connectivity index (χ1) is 10.6. The Labute approximate surface area is 131 Å². The van der Waals surface area contributed by atoms with Gasteiger partial charge in [0.2, 0.25) is 0 Å². The molecule has 1 aliphatic carbocycles. The van der Waals surface area contributed by atoms with E-state index >= 15 is 0 Å². The Balaban J connectivity index is 1.84. The number of carbonyl (C=O) groups excluding carboxylic acids is 1. The minimum absolute atomic E-state index is 0.0122. The summed E-state index contributed by atoms with van der Waals surface area (Å²) < 4.78 is 0. The first-order valence-electron chi connectivity index (χ1n) is 7.80. The van der Waals surface area contributed by atoms with Crippen LogP contribution in [0.4, 0.5) is 5.69 Å². The summed E-state index contributed by atoms with van der Waals surface area (Å²) in [6.45, 7) is 4.13. The largest absolute Gasteiger partial charge is 0.322 e. The van der Waals surface area contributed by atoms with Gasteiger partial charge in [0, 0.05) is 11.3 Å². The maximum Gasteiger partial charge on any atom is 0.251 e. The van der Waals surface area contributed by atoms with Crippen molar-refractivity contribution in [1.29, 1.82) is 0 Å². The van der Waals surface area contributed by atoms with Crippen molar-refractivity contribution in [2.45, 2.75) is 33.1 Å². The molecule has 2 aromatic rings. The van der Waals surface area contributed by atoms with Gasteiger partial charge in [-0.1, -0.05) is 41.5 Å². The summed E-state index contributed by atoms with van der Waals surface area (Å²) in [4.78, 5) is 12.5. The zero-order chi connectivity index (χ0) is 15.5. The van der Waals surface area contributed by atoms with Crippen molar-refractivity contribution in [2.24, 2.45) is 0 Å². The van der Waals surface area contributed by atoms with E-state index in [-0.39, 0.29) is 5.91 Å². The maximum absolute atomic E-state index is 12.5. The van der Waals surface area contributed by atoms with E-state index in [2.05, 4.69) is 36.5 Å². The smallest absolute Gasteiger partial charge is 0.251 e. The average molecular weight is 291 g/mol. The number of aryl methyl sites for hydroxylation is 3. The molecule has 0 bridgehead atoms. The molecule has 0 spiro atoms. The van der Waals surface area contributed by atoms with E-state index in [0.29, 0.717) is 0 Å². The Morgan fingerprint density at radius 1 is 0.955 bits per heavy atom. The van der Waals surface area contributed by atoms with Crippen LogP contribution in [0.1, 0.15) is 35.1 Å². The summed E-state index contributed by atoms with van der Waals surface area (Å²) in [5, 5.41) is 3.00. The molecule has 0 saturated heterocycles. The van der Waals surface area contributed by atoms with Crippen LogP contribution in [0.15, 0.2) is 48.0 Å². The Morgan fingerprint density at radius 3 is 2.45 bits per heavy atom. The number of amides is 1. The van der Waals surface area contributed by atoms with Crippen LogP contribution in [0.3, 0.4) is 0 Å². The topological polar surface area (TPSA) is 29.1 Å². The van der Waals surface area contributed by atoms with E-state index < -0.39 is 0 Å². The number of hydrogen-bond donors (Lipinski definition) is 1. The van der Waals surface area contributed by atoms with E-state index in [0.717, 1.165) is 30.5 Å². The van der Waals surface area contributed by atoms with E-state index in [4.69, 9.17) is 0 Å². The molecule has 0 heterocycles. The molecule has 3 rings (SSSR count). The second kappa shape index (κ2) is 6.18. The lowest BCUT2D eigenvalue weighted by Gasteiger charge is -2.08. The van der Waals surface area contributed by atoms with E-state index in [9.17, 15) is 4.79 Å². The predicted octanol–water partition coefficient (Wildman–Crippen LogP) is 4.66. The summed E-state index contributed by atoms with van der Waals surface area (Å²) in [6.07, 6.45) is 4.93. The van der Waals surface area contributed by atoms with E-state index in [1.807, 2.05) is 31.2 Å². The lowest BCUT2D eigenvalue weighted by Crippen LogP contribution is -2.14.